The summed E-state index contributed by atoms with van der Waals surface area (Å²) in [7, 11) is 1.52. The molecule has 1 aliphatic rings. The second-order valence-corrected chi connectivity index (χ2v) is 8.67. The molecule has 0 bridgehead atoms. The first-order valence-corrected chi connectivity index (χ1v) is 10.4. The van der Waals surface area contributed by atoms with Gasteiger partial charge in [0.25, 0.3) is 11.8 Å². The number of fused-ring (bicyclic) bond motifs is 1. The zero-order valence-corrected chi connectivity index (χ0v) is 18.8. The lowest BCUT2D eigenvalue weighted by Crippen LogP contribution is -2.36. The molecule has 172 valence electrons. The number of carbonyl (C=O) groups is 3. The maximum atomic E-state index is 13.3. The number of alkyl halides is 1. The van der Waals surface area contributed by atoms with Crippen LogP contribution in [0.1, 0.15) is 60.4 Å². The molecule has 1 aromatic rings. The summed E-state index contributed by atoms with van der Waals surface area (Å²) in [5.74, 6) is -0.631. The highest BCUT2D eigenvalue weighted by Gasteiger charge is 2.27. The standard InChI is InChI=1S/C22H32FN3O5/c1-13-8-15-9-16(10-17(18(15)30-13)20(28)24-5)19(27)25-7-6-14(11-23)12-26-21(29)31-22(2,3)4/h9-10,13-14H,6-8,11-12H2,1-5H3,(H,24,28)(H,25,27)(H,26,29). The Morgan fingerprint density at radius 3 is 2.55 bits per heavy atom. The molecule has 1 aliphatic heterocycles. The fraction of sp³-hybridized carbons (Fsp3) is 0.591. The number of carbonyl (C=O) groups excluding carboxylic acids is 3. The third kappa shape index (κ3) is 7.11. The molecule has 0 aliphatic carbocycles. The number of rotatable bonds is 8. The molecule has 0 spiro atoms. The average Bonchev–Trinajstić information content (AvgIpc) is 3.07. The van der Waals surface area contributed by atoms with Crippen LogP contribution in [0.25, 0.3) is 0 Å². The van der Waals surface area contributed by atoms with E-state index in [1.807, 2.05) is 6.92 Å². The van der Waals surface area contributed by atoms with E-state index in [9.17, 15) is 18.8 Å². The zero-order valence-electron chi connectivity index (χ0n) is 18.8. The Morgan fingerprint density at radius 1 is 1.23 bits per heavy atom. The molecule has 0 radical (unpaired) electrons. The third-order valence-electron chi connectivity index (χ3n) is 4.72. The van der Waals surface area contributed by atoms with E-state index in [0.717, 1.165) is 5.56 Å². The number of hydrogen-bond donors (Lipinski definition) is 3. The van der Waals surface area contributed by atoms with Crippen LogP contribution in [0.15, 0.2) is 12.1 Å². The van der Waals surface area contributed by atoms with Crippen LogP contribution >= 0.6 is 0 Å². The predicted molar refractivity (Wildman–Crippen MR) is 114 cm³/mol. The van der Waals surface area contributed by atoms with Gasteiger partial charge >= 0.3 is 6.09 Å². The van der Waals surface area contributed by atoms with E-state index in [2.05, 4.69) is 16.0 Å². The maximum Gasteiger partial charge on any atom is 0.407 e. The Labute approximate surface area is 182 Å². The number of halogens is 1. The fourth-order valence-corrected chi connectivity index (χ4v) is 3.23. The molecule has 2 rings (SSSR count). The van der Waals surface area contributed by atoms with Crippen molar-refractivity contribution in [3.05, 3.63) is 28.8 Å². The monoisotopic (exact) mass is 437 g/mol. The van der Waals surface area contributed by atoms with Gasteiger partial charge < -0.3 is 25.4 Å². The van der Waals surface area contributed by atoms with E-state index in [4.69, 9.17) is 9.47 Å². The first kappa shape index (κ1) is 24.4. The number of benzene rings is 1. The molecule has 0 aromatic heterocycles. The summed E-state index contributed by atoms with van der Waals surface area (Å²) in [6, 6.07) is 3.22. The van der Waals surface area contributed by atoms with Gasteiger partial charge in [-0.3, -0.25) is 14.0 Å². The summed E-state index contributed by atoms with van der Waals surface area (Å²) >= 11 is 0. The SMILES string of the molecule is CNC(=O)c1cc(C(=O)NCCC(CF)CNC(=O)OC(C)(C)C)cc2c1OC(C)C2. The highest BCUT2D eigenvalue weighted by molar-refractivity contribution is 6.02. The van der Waals surface area contributed by atoms with Crippen molar-refractivity contribution in [1.29, 1.82) is 0 Å². The minimum atomic E-state index is -0.638. The van der Waals surface area contributed by atoms with Crippen molar-refractivity contribution in [1.82, 2.24) is 16.0 Å². The first-order valence-electron chi connectivity index (χ1n) is 10.4. The van der Waals surface area contributed by atoms with Crippen molar-refractivity contribution < 1.29 is 28.2 Å². The van der Waals surface area contributed by atoms with E-state index in [1.54, 1.807) is 26.8 Å². The molecule has 1 aromatic carbocycles. The molecule has 0 saturated carbocycles. The molecule has 9 heteroatoms. The molecule has 8 nitrogen and oxygen atoms in total. The molecule has 0 fully saturated rings. The van der Waals surface area contributed by atoms with Crippen molar-refractivity contribution in [2.75, 3.05) is 26.8 Å². The van der Waals surface area contributed by atoms with Crippen LogP contribution in [0.2, 0.25) is 0 Å². The van der Waals surface area contributed by atoms with Gasteiger partial charge in [0.15, 0.2) is 0 Å². The van der Waals surface area contributed by atoms with Crippen molar-refractivity contribution in [3.8, 4) is 5.75 Å². The summed E-state index contributed by atoms with van der Waals surface area (Å²) in [5, 5.41) is 7.86. The lowest BCUT2D eigenvalue weighted by atomic mass is 10.0. The van der Waals surface area contributed by atoms with Crippen LogP contribution in [0.5, 0.6) is 5.75 Å². The highest BCUT2D eigenvalue weighted by Crippen LogP contribution is 2.34. The van der Waals surface area contributed by atoms with Crippen molar-refractivity contribution in [2.45, 2.75) is 52.2 Å². The molecular weight excluding hydrogens is 405 g/mol. The summed E-state index contributed by atoms with van der Waals surface area (Å²) in [4.78, 5) is 36.5. The van der Waals surface area contributed by atoms with Crippen LogP contribution < -0.4 is 20.7 Å². The summed E-state index contributed by atoms with van der Waals surface area (Å²) in [5.41, 5.74) is 0.841. The van der Waals surface area contributed by atoms with E-state index in [0.29, 0.717) is 29.7 Å². The van der Waals surface area contributed by atoms with Gasteiger partial charge in [-0.25, -0.2) is 4.79 Å². The van der Waals surface area contributed by atoms with E-state index in [-0.39, 0.29) is 31.0 Å². The molecule has 31 heavy (non-hydrogen) atoms. The second-order valence-electron chi connectivity index (χ2n) is 8.67. The van der Waals surface area contributed by atoms with Gasteiger partial charge in [-0.2, -0.15) is 0 Å². The second kappa shape index (κ2) is 10.5. The minimum absolute atomic E-state index is 0.0699. The molecular formula is C22H32FN3O5. The molecule has 2 atom stereocenters. The van der Waals surface area contributed by atoms with E-state index in [1.165, 1.54) is 13.1 Å². The van der Waals surface area contributed by atoms with Crippen LogP contribution in [0.4, 0.5) is 9.18 Å². The Kier molecular flexibility index (Phi) is 8.24. The summed E-state index contributed by atoms with van der Waals surface area (Å²) in [6.45, 7) is 6.83. The molecule has 2 unspecified atom stereocenters. The Balaban J connectivity index is 1.93. The zero-order chi connectivity index (χ0) is 23.2. The van der Waals surface area contributed by atoms with Crippen LogP contribution in [0, 0.1) is 5.92 Å². The van der Waals surface area contributed by atoms with Gasteiger partial charge in [-0.05, 0) is 51.8 Å². The number of hydrogen-bond acceptors (Lipinski definition) is 5. The average molecular weight is 438 g/mol. The number of amides is 3. The fourth-order valence-electron chi connectivity index (χ4n) is 3.23. The minimum Gasteiger partial charge on any atom is -0.489 e. The Morgan fingerprint density at radius 2 is 1.94 bits per heavy atom. The van der Waals surface area contributed by atoms with E-state index < -0.39 is 24.3 Å². The summed E-state index contributed by atoms with van der Waals surface area (Å²) in [6.07, 6.45) is 0.275. The Bertz CT molecular complexity index is 822. The molecule has 3 N–H and O–H groups in total. The number of ether oxygens (including phenoxy) is 2. The quantitative estimate of drug-likeness (QED) is 0.580. The molecule has 3 amide bonds. The number of alkyl carbamates (subject to hydrolysis) is 1. The topological polar surface area (TPSA) is 106 Å². The first-order chi connectivity index (χ1) is 14.5. The highest BCUT2D eigenvalue weighted by atomic mass is 19.1. The van der Waals surface area contributed by atoms with Gasteiger partial charge in [0.1, 0.15) is 17.5 Å². The van der Waals surface area contributed by atoms with E-state index >= 15 is 0 Å². The summed E-state index contributed by atoms with van der Waals surface area (Å²) < 4.78 is 24.1. The Hall–Kier alpha value is -2.84. The van der Waals surface area contributed by atoms with Gasteiger partial charge in [-0.1, -0.05) is 0 Å². The van der Waals surface area contributed by atoms with Crippen LogP contribution in [0.3, 0.4) is 0 Å². The number of nitrogens with one attached hydrogen (secondary N) is 3. The smallest absolute Gasteiger partial charge is 0.407 e. The predicted octanol–water partition coefficient (Wildman–Crippen LogP) is 2.60. The third-order valence-corrected chi connectivity index (χ3v) is 4.72. The van der Waals surface area contributed by atoms with Crippen molar-refractivity contribution in [2.24, 2.45) is 5.92 Å². The van der Waals surface area contributed by atoms with Gasteiger partial charge in [0.2, 0.25) is 0 Å². The molecule has 0 saturated heterocycles. The van der Waals surface area contributed by atoms with Crippen LogP contribution in [-0.4, -0.2) is 56.4 Å². The lowest BCUT2D eigenvalue weighted by Gasteiger charge is -2.21. The van der Waals surface area contributed by atoms with Gasteiger partial charge in [0, 0.05) is 38.0 Å². The largest absolute Gasteiger partial charge is 0.489 e. The van der Waals surface area contributed by atoms with Gasteiger partial charge in [0.05, 0.1) is 12.2 Å². The maximum absolute atomic E-state index is 13.3. The van der Waals surface area contributed by atoms with Crippen molar-refractivity contribution >= 4 is 17.9 Å². The lowest BCUT2D eigenvalue weighted by molar-refractivity contribution is 0.0515. The van der Waals surface area contributed by atoms with Crippen molar-refractivity contribution in [3.63, 3.8) is 0 Å². The molecule has 1 heterocycles. The van der Waals surface area contributed by atoms with Crippen LogP contribution in [-0.2, 0) is 11.2 Å². The normalized spacial score (nSPS) is 16.0. The van der Waals surface area contributed by atoms with Gasteiger partial charge in [-0.15, -0.1) is 0 Å².